The number of hydrogen-bond donors (Lipinski definition) is 0. The van der Waals surface area contributed by atoms with Crippen molar-refractivity contribution in [3.8, 4) is 0 Å². The van der Waals surface area contributed by atoms with Gasteiger partial charge in [-0.25, -0.2) is 0 Å². The van der Waals surface area contributed by atoms with Gasteiger partial charge >= 0.3 is 0 Å². The highest BCUT2D eigenvalue weighted by Gasteiger charge is 2.17. The lowest BCUT2D eigenvalue weighted by Crippen LogP contribution is -2.29. The Hall–Kier alpha value is -2.33. The van der Waals surface area contributed by atoms with E-state index in [2.05, 4.69) is 6.07 Å². The molecule has 3 aromatic rings. The zero-order valence-corrected chi connectivity index (χ0v) is 13.2. The molecule has 0 aliphatic rings. The number of hydrogen-bond acceptors (Lipinski definition) is 3. The van der Waals surface area contributed by atoms with Crippen molar-refractivity contribution < 1.29 is 9.21 Å². The van der Waals surface area contributed by atoms with E-state index in [9.17, 15) is 4.79 Å². The third kappa shape index (κ3) is 3.46. The van der Waals surface area contributed by atoms with Crippen LogP contribution < -0.4 is 0 Å². The second-order valence-electron chi connectivity index (χ2n) is 5.24. The van der Waals surface area contributed by atoms with E-state index in [-0.39, 0.29) is 5.91 Å². The Labute approximate surface area is 133 Å². The van der Waals surface area contributed by atoms with Crippen molar-refractivity contribution in [3.63, 3.8) is 0 Å². The zero-order valence-electron chi connectivity index (χ0n) is 12.4. The summed E-state index contributed by atoms with van der Waals surface area (Å²) in [7, 11) is 0. The second-order valence-corrected chi connectivity index (χ2v) is 6.27. The molecule has 0 bridgehead atoms. The maximum absolute atomic E-state index is 12.8. The number of carbonyl (C=O) groups excluding carboxylic acids is 1. The molecular formula is C18H17NO2S. The normalized spacial score (nSPS) is 10.6. The molecule has 0 saturated carbocycles. The summed E-state index contributed by atoms with van der Waals surface area (Å²) in [5.41, 5.74) is 2.81. The summed E-state index contributed by atoms with van der Waals surface area (Å²) < 4.78 is 5.12. The maximum atomic E-state index is 12.8. The molecule has 112 valence electrons. The van der Waals surface area contributed by atoms with Gasteiger partial charge < -0.3 is 9.32 Å². The van der Waals surface area contributed by atoms with E-state index in [0.29, 0.717) is 13.1 Å². The van der Waals surface area contributed by atoms with E-state index in [4.69, 9.17) is 4.42 Å². The maximum Gasteiger partial charge on any atom is 0.254 e. The summed E-state index contributed by atoms with van der Waals surface area (Å²) in [6, 6.07) is 13.7. The Bertz CT molecular complexity index is 696. The Kier molecular flexibility index (Phi) is 4.39. The summed E-state index contributed by atoms with van der Waals surface area (Å²) in [5.74, 6) is 0.0401. The Morgan fingerprint density at radius 1 is 1.18 bits per heavy atom. The molecular weight excluding hydrogens is 294 g/mol. The van der Waals surface area contributed by atoms with Gasteiger partial charge in [0.1, 0.15) is 0 Å². The van der Waals surface area contributed by atoms with E-state index < -0.39 is 0 Å². The van der Waals surface area contributed by atoms with Gasteiger partial charge in [0.15, 0.2) is 0 Å². The number of furan rings is 1. The van der Waals surface area contributed by atoms with Crippen LogP contribution in [0.25, 0.3) is 0 Å². The van der Waals surface area contributed by atoms with Crippen molar-refractivity contribution in [2.24, 2.45) is 0 Å². The number of amides is 1. The van der Waals surface area contributed by atoms with E-state index in [1.807, 2.05) is 53.6 Å². The van der Waals surface area contributed by atoms with E-state index >= 15 is 0 Å². The van der Waals surface area contributed by atoms with Gasteiger partial charge in [0.25, 0.3) is 5.91 Å². The van der Waals surface area contributed by atoms with Crippen LogP contribution in [0.2, 0.25) is 0 Å². The van der Waals surface area contributed by atoms with Crippen LogP contribution in [0.15, 0.2) is 64.8 Å². The quantitative estimate of drug-likeness (QED) is 0.695. The van der Waals surface area contributed by atoms with Gasteiger partial charge in [-0.15, -0.1) is 11.3 Å². The molecule has 22 heavy (non-hydrogen) atoms. The van der Waals surface area contributed by atoms with Crippen LogP contribution in [-0.4, -0.2) is 10.8 Å². The highest BCUT2D eigenvalue weighted by atomic mass is 32.1. The van der Waals surface area contributed by atoms with Crippen LogP contribution >= 0.6 is 11.3 Å². The zero-order chi connectivity index (χ0) is 15.4. The first-order valence-corrected chi connectivity index (χ1v) is 8.00. The van der Waals surface area contributed by atoms with E-state index in [1.54, 1.807) is 23.9 Å². The van der Waals surface area contributed by atoms with Gasteiger partial charge in [-0.3, -0.25) is 4.79 Å². The molecule has 0 aliphatic carbocycles. The molecule has 0 radical (unpaired) electrons. The lowest BCUT2D eigenvalue weighted by atomic mass is 10.1. The fourth-order valence-electron chi connectivity index (χ4n) is 2.35. The molecule has 1 amide bonds. The molecule has 3 rings (SSSR count). The molecule has 1 aromatic carbocycles. The molecule has 0 aliphatic heterocycles. The Morgan fingerprint density at radius 2 is 2.09 bits per heavy atom. The van der Waals surface area contributed by atoms with Crippen LogP contribution in [-0.2, 0) is 13.1 Å². The van der Waals surface area contributed by atoms with Crippen molar-refractivity contribution in [1.29, 1.82) is 0 Å². The highest BCUT2D eigenvalue weighted by molar-refractivity contribution is 7.09. The molecule has 0 unspecified atom stereocenters. The summed E-state index contributed by atoms with van der Waals surface area (Å²) in [6.07, 6.45) is 3.32. The average molecular weight is 311 g/mol. The van der Waals surface area contributed by atoms with Crippen LogP contribution in [0.3, 0.4) is 0 Å². The summed E-state index contributed by atoms with van der Waals surface area (Å²) >= 11 is 1.66. The van der Waals surface area contributed by atoms with Crippen molar-refractivity contribution >= 4 is 17.2 Å². The third-order valence-electron chi connectivity index (χ3n) is 3.43. The number of thiophene rings is 1. The minimum absolute atomic E-state index is 0.0401. The molecule has 2 heterocycles. The first-order valence-electron chi connectivity index (χ1n) is 7.12. The predicted molar refractivity (Wildman–Crippen MR) is 87.8 cm³/mol. The van der Waals surface area contributed by atoms with Crippen LogP contribution in [0.5, 0.6) is 0 Å². The molecule has 4 heteroatoms. The minimum Gasteiger partial charge on any atom is -0.472 e. The van der Waals surface area contributed by atoms with Crippen molar-refractivity contribution in [2.45, 2.75) is 20.0 Å². The molecule has 3 nitrogen and oxygen atoms in total. The topological polar surface area (TPSA) is 33.5 Å². The molecule has 0 saturated heterocycles. The molecule has 0 fully saturated rings. The van der Waals surface area contributed by atoms with E-state index in [1.165, 1.54) is 4.88 Å². The smallest absolute Gasteiger partial charge is 0.254 e. The number of benzene rings is 1. The monoisotopic (exact) mass is 311 g/mol. The van der Waals surface area contributed by atoms with Gasteiger partial charge in [-0.1, -0.05) is 23.8 Å². The fraction of sp³-hybridized carbons (Fsp3) is 0.167. The van der Waals surface area contributed by atoms with Gasteiger partial charge in [-0.05, 0) is 36.6 Å². The first-order chi connectivity index (χ1) is 10.7. The molecule has 2 aromatic heterocycles. The van der Waals surface area contributed by atoms with Crippen molar-refractivity contribution in [1.82, 2.24) is 4.90 Å². The highest BCUT2D eigenvalue weighted by Crippen LogP contribution is 2.18. The number of carbonyl (C=O) groups is 1. The standard InChI is InChI=1S/C18H17NO2S/c1-14-4-2-5-16(10-14)18(20)19(11-15-7-8-21-13-15)12-17-6-3-9-22-17/h2-10,13H,11-12H2,1H3. The average Bonchev–Trinajstić information content (AvgIpc) is 3.19. The largest absolute Gasteiger partial charge is 0.472 e. The minimum atomic E-state index is 0.0401. The molecule has 0 N–H and O–H groups in total. The SMILES string of the molecule is Cc1cccc(C(=O)N(Cc2ccoc2)Cc2cccs2)c1. The fourth-order valence-corrected chi connectivity index (χ4v) is 3.07. The number of rotatable bonds is 5. The summed E-state index contributed by atoms with van der Waals surface area (Å²) in [6.45, 7) is 3.15. The Balaban J connectivity index is 1.85. The molecule has 0 spiro atoms. The predicted octanol–water partition coefficient (Wildman–Crippen LogP) is 4.49. The van der Waals surface area contributed by atoms with Crippen LogP contribution in [0, 0.1) is 6.92 Å². The molecule has 0 atom stereocenters. The summed E-state index contributed by atoms with van der Waals surface area (Å²) in [4.78, 5) is 15.9. The number of nitrogens with zero attached hydrogens (tertiary/aromatic N) is 1. The third-order valence-corrected chi connectivity index (χ3v) is 4.29. The second kappa shape index (κ2) is 6.62. The van der Waals surface area contributed by atoms with Crippen molar-refractivity contribution in [3.05, 3.63) is 81.9 Å². The van der Waals surface area contributed by atoms with Gasteiger partial charge in [0, 0.05) is 22.5 Å². The lowest BCUT2D eigenvalue weighted by molar-refractivity contribution is 0.0731. The van der Waals surface area contributed by atoms with Gasteiger partial charge in [-0.2, -0.15) is 0 Å². The van der Waals surface area contributed by atoms with E-state index in [0.717, 1.165) is 16.7 Å². The van der Waals surface area contributed by atoms with Crippen molar-refractivity contribution in [2.75, 3.05) is 0 Å². The first kappa shape index (κ1) is 14.6. The van der Waals surface area contributed by atoms with Gasteiger partial charge in [0.05, 0.1) is 19.1 Å². The van der Waals surface area contributed by atoms with Crippen LogP contribution in [0.1, 0.15) is 26.4 Å². The Morgan fingerprint density at radius 3 is 2.77 bits per heavy atom. The van der Waals surface area contributed by atoms with Gasteiger partial charge in [0.2, 0.25) is 0 Å². The number of aryl methyl sites for hydroxylation is 1. The van der Waals surface area contributed by atoms with Crippen LogP contribution in [0.4, 0.5) is 0 Å². The summed E-state index contributed by atoms with van der Waals surface area (Å²) in [5, 5.41) is 2.03. The lowest BCUT2D eigenvalue weighted by Gasteiger charge is -2.22.